The molecule has 2 amide bonds. The number of hydrogen-bond donors (Lipinski definition) is 1. The Hall–Kier alpha value is -4.01. The van der Waals surface area contributed by atoms with E-state index in [2.05, 4.69) is 20.4 Å². The third-order valence-corrected chi connectivity index (χ3v) is 6.92. The van der Waals surface area contributed by atoms with Crippen LogP contribution in [0.2, 0.25) is 0 Å². The third kappa shape index (κ3) is 5.87. The highest BCUT2D eigenvalue weighted by atomic mass is 19.1. The molecule has 0 aliphatic carbocycles. The topological polar surface area (TPSA) is 87.7 Å². The molecule has 2 aliphatic heterocycles. The maximum absolute atomic E-state index is 14.0. The molecule has 0 spiro atoms. The van der Waals surface area contributed by atoms with Gasteiger partial charge in [-0.15, -0.1) is 5.10 Å². The van der Waals surface area contributed by atoms with Crippen molar-refractivity contribution in [2.45, 2.75) is 32.3 Å². The molecule has 192 valence electrons. The standard InChI is InChI=1S/C28H30FN5O3/c1-19-6-11-26(32-31-19)34-15-12-20(18-34)27(35)30-21-7-9-22(10-8-21)37-23-13-16-33(17-14-23)28(36)24-4-2-3-5-25(24)29/h2-11,20,23H,12-18H2,1H3,(H,30,35)/t20-/m0/s1. The Balaban J connectivity index is 1.08. The minimum atomic E-state index is -0.496. The summed E-state index contributed by atoms with van der Waals surface area (Å²) in [6.45, 7) is 4.31. The van der Waals surface area contributed by atoms with Crippen LogP contribution in [0.3, 0.4) is 0 Å². The molecular formula is C28H30FN5O3. The molecule has 1 N–H and O–H groups in total. The van der Waals surface area contributed by atoms with E-state index in [0.717, 1.165) is 30.2 Å². The van der Waals surface area contributed by atoms with Crippen LogP contribution in [-0.4, -0.2) is 59.2 Å². The van der Waals surface area contributed by atoms with Gasteiger partial charge in [0.25, 0.3) is 5.91 Å². The summed E-state index contributed by atoms with van der Waals surface area (Å²) >= 11 is 0. The zero-order valence-electron chi connectivity index (χ0n) is 20.8. The zero-order chi connectivity index (χ0) is 25.8. The molecule has 9 heteroatoms. The van der Waals surface area contributed by atoms with Crippen LogP contribution in [-0.2, 0) is 4.79 Å². The molecule has 2 aliphatic rings. The fourth-order valence-corrected chi connectivity index (χ4v) is 4.78. The molecule has 1 atom stereocenters. The van der Waals surface area contributed by atoms with E-state index in [1.807, 2.05) is 43.3 Å². The number of benzene rings is 2. The predicted molar refractivity (Wildman–Crippen MR) is 138 cm³/mol. The lowest BCUT2D eigenvalue weighted by Crippen LogP contribution is -2.42. The second kappa shape index (κ2) is 10.9. The zero-order valence-corrected chi connectivity index (χ0v) is 20.8. The normalized spacial score (nSPS) is 18.1. The molecule has 0 radical (unpaired) electrons. The van der Waals surface area contributed by atoms with Crippen LogP contribution in [0.1, 0.15) is 35.3 Å². The number of hydrogen-bond acceptors (Lipinski definition) is 6. The van der Waals surface area contributed by atoms with Crippen molar-refractivity contribution in [1.82, 2.24) is 15.1 Å². The summed E-state index contributed by atoms with van der Waals surface area (Å²) in [6, 6.07) is 17.3. The molecule has 2 saturated heterocycles. The number of aromatic nitrogens is 2. The summed E-state index contributed by atoms with van der Waals surface area (Å²) in [4.78, 5) is 29.2. The lowest BCUT2D eigenvalue weighted by atomic mass is 10.1. The van der Waals surface area contributed by atoms with Gasteiger partial charge in [-0.05, 0) is 61.9 Å². The van der Waals surface area contributed by atoms with E-state index in [1.165, 1.54) is 12.1 Å². The van der Waals surface area contributed by atoms with Gasteiger partial charge < -0.3 is 19.9 Å². The minimum Gasteiger partial charge on any atom is -0.490 e. The van der Waals surface area contributed by atoms with E-state index in [9.17, 15) is 14.0 Å². The van der Waals surface area contributed by atoms with Crippen molar-refractivity contribution in [2.24, 2.45) is 5.92 Å². The molecule has 0 unspecified atom stereocenters. The highest BCUT2D eigenvalue weighted by Gasteiger charge is 2.29. The van der Waals surface area contributed by atoms with E-state index in [1.54, 1.807) is 17.0 Å². The first-order valence-electron chi connectivity index (χ1n) is 12.6. The van der Waals surface area contributed by atoms with Crippen molar-refractivity contribution >= 4 is 23.3 Å². The number of amides is 2. The average Bonchev–Trinajstić information content (AvgIpc) is 3.41. The second-order valence-electron chi connectivity index (χ2n) is 9.57. The molecule has 37 heavy (non-hydrogen) atoms. The molecule has 5 rings (SSSR count). The summed E-state index contributed by atoms with van der Waals surface area (Å²) < 4.78 is 20.1. The Bertz CT molecular complexity index is 1240. The van der Waals surface area contributed by atoms with Crippen LogP contribution >= 0.6 is 0 Å². The molecule has 2 fully saturated rings. The van der Waals surface area contributed by atoms with E-state index in [-0.39, 0.29) is 29.4 Å². The van der Waals surface area contributed by atoms with Gasteiger partial charge in [0.1, 0.15) is 17.7 Å². The number of anilines is 2. The van der Waals surface area contributed by atoms with Crippen LogP contribution in [0.4, 0.5) is 15.9 Å². The number of nitrogens with one attached hydrogen (secondary N) is 1. The lowest BCUT2D eigenvalue weighted by Gasteiger charge is -2.32. The maximum Gasteiger partial charge on any atom is 0.256 e. The van der Waals surface area contributed by atoms with E-state index >= 15 is 0 Å². The Morgan fingerprint density at radius 2 is 1.70 bits per heavy atom. The number of ether oxygens (including phenoxy) is 1. The molecule has 3 aromatic rings. The maximum atomic E-state index is 14.0. The van der Waals surface area contributed by atoms with Gasteiger partial charge in [0.2, 0.25) is 5.91 Å². The van der Waals surface area contributed by atoms with Gasteiger partial charge in [-0.2, -0.15) is 5.10 Å². The highest BCUT2D eigenvalue weighted by molar-refractivity contribution is 5.94. The van der Waals surface area contributed by atoms with Crippen molar-refractivity contribution in [2.75, 3.05) is 36.4 Å². The summed E-state index contributed by atoms with van der Waals surface area (Å²) in [5.41, 5.74) is 1.69. The first-order chi connectivity index (χ1) is 18.0. The van der Waals surface area contributed by atoms with Crippen LogP contribution in [0, 0.1) is 18.7 Å². The monoisotopic (exact) mass is 503 g/mol. The van der Waals surface area contributed by atoms with Gasteiger partial charge in [0, 0.05) is 44.7 Å². The Morgan fingerprint density at radius 1 is 0.946 bits per heavy atom. The Kier molecular flexibility index (Phi) is 7.30. The number of halogens is 1. The van der Waals surface area contributed by atoms with Gasteiger partial charge in [-0.3, -0.25) is 9.59 Å². The van der Waals surface area contributed by atoms with Crippen molar-refractivity contribution in [1.29, 1.82) is 0 Å². The largest absolute Gasteiger partial charge is 0.490 e. The van der Waals surface area contributed by atoms with E-state index in [0.29, 0.717) is 38.2 Å². The summed E-state index contributed by atoms with van der Waals surface area (Å²) in [5.74, 6) is 0.601. The van der Waals surface area contributed by atoms with Crippen LogP contribution < -0.4 is 15.0 Å². The molecule has 1 aromatic heterocycles. The smallest absolute Gasteiger partial charge is 0.256 e. The molecule has 3 heterocycles. The second-order valence-corrected chi connectivity index (χ2v) is 9.57. The summed E-state index contributed by atoms with van der Waals surface area (Å²) in [7, 11) is 0. The minimum absolute atomic E-state index is 0.0110. The predicted octanol–water partition coefficient (Wildman–Crippen LogP) is 4.07. The van der Waals surface area contributed by atoms with Gasteiger partial charge in [0.15, 0.2) is 5.82 Å². The first kappa shape index (κ1) is 24.7. The van der Waals surface area contributed by atoms with Crippen LogP contribution in [0.25, 0.3) is 0 Å². The molecular weight excluding hydrogens is 473 g/mol. The van der Waals surface area contributed by atoms with Crippen molar-refractivity contribution in [3.05, 3.63) is 77.7 Å². The third-order valence-electron chi connectivity index (χ3n) is 6.92. The van der Waals surface area contributed by atoms with Gasteiger partial charge in [0.05, 0.1) is 17.2 Å². The fourth-order valence-electron chi connectivity index (χ4n) is 4.78. The molecule has 0 saturated carbocycles. The molecule has 8 nitrogen and oxygen atoms in total. The van der Waals surface area contributed by atoms with E-state index in [4.69, 9.17) is 4.74 Å². The first-order valence-corrected chi connectivity index (χ1v) is 12.6. The SMILES string of the molecule is Cc1ccc(N2CC[C@H](C(=O)Nc3ccc(OC4CCN(C(=O)c5ccccc5F)CC4)cc3)C2)nn1. The number of likely N-dealkylation sites (tertiary alicyclic amines) is 1. The number of carbonyl (C=O) groups is 2. The quantitative estimate of drug-likeness (QED) is 0.546. The lowest BCUT2D eigenvalue weighted by molar-refractivity contribution is -0.119. The number of carbonyl (C=O) groups excluding carboxylic acids is 2. The van der Waals surface area contributed by atoms with Crippen molar-refractivity contribution in [3.63, 3.8) is 0 Å². The summed E-state index contributed by atoms with van der Waals surface area (Å²) in [5, 5.41) is 11.3. The van der Waals surface area contributed by atoms with Gasteiger partial charge >= 0.3 is 0 Å². The number of nitrogens with zero attached hydrogens (tertiary/aromatic N) is 4. The summed E-state index contributed by atoms with van der Waals surface area (Å²) in [6.07, 6.45) is 2.07. The fraction of sp³-hybridized carbons (Fsp3) is 0.357. The van der Waals surface area contributed by atoms with Crippen LogP contribution in [0.5, 0.6) is 5.75 Å². The molecule has 0 bridgehead atoms. The van der Waals surface area contributed by atoms with E-state index < -0.39 is 5.82 Å². The van der Waals surface area contributed by atoms with Crippen LogP contribution in [0.15, 0.2) is 60.7 Å². The number of piperidine rings is 1. The number of aryl methyl sites for hydroxylation is 1. The Morgan fingerprint density at radius 3 is 2.41 bits per heavy atom. The van der Waals surface area contributed by atoms with Gasteiger partial charge in [-0.1, -0.05) is 12.1 Å². The number of rotatable bonds is 6. The molecule has 2 aromatic carbocycles. The van der Waals surface area contributed by atoms with Crippen molar-refractivity contribution in [3.8, 4) is 5.75 Å². The highest BCUT2D eigenvalue weighted by Crippen LogP contribution is 2.25. The van der Waals surface area contributed by atoms with Gasteiger partial charge in [-0.25, -0.2) is 4.39 Å². The average molecular weight is 504 g/mol. The van der Waals surface area contributed by atoms with Crippen molar-refractivity contribution < 1.29 is 18.7 Å². The Labute approximate surface area is 215 Å².